The van der Waals surface area contributed by atoms with E-state index in [-0.39, 0.29) is 16.5 Å². The SMILES string of the molecule is Nc1cc(C(=O)Nc2ccc(Br)c(F)c2)cc(Cl)n1. The Bertz CT molecular complexity index is 631. The summed E-state index contributed by atoms with van der Waals surface area (Å²) < 4.78 is 13.6. The van der Waals surface area contributed by atoms with E-state index in [9.17, 15) is 9.18 Å². The van der Waals surface area contributed by atoms with E-state index in [1.807, 2.05) is 0 Å². The van der Waals surface area contributed by atoms with E-state index >= 15 is 0 Å². The molecular formula is C12H8BrClFN3O. The zero-order chi connectivity index (χ0) is 14.0. The van der Waals surface area contributed by atoms with Gasteiger partial charge in [0.25, 0.3) is 5.91 Å². The lowest BCUT2D eigenvalue weighted by Crippen LogP contribution is -2.12. The van der Waals surface area contributed by atoms with Gasteiger partial charge in [0.15, 0.2) is 0 Å². The van der Waals surface area contributed by atoms with Crippen molar-refractivity contribution in [1.82, 2.24) is 4.98 Å². The number of anilines is 2. The molecule has 0 radical (unpaired) electrons. The zero-order valence-corrected chi connectivity index (χ0v) is 11.8. The van der Waals surface area contributed by atoms with Crippen LogP contribution in [0.15, 0.2) is 34.8 Å². The van der Waals surface area contributed by atoms with E-state index in [2.05, 4.69) is 26.2 Å². The van der Waals surface area contributed by atoms with Crippen LogP contribution in [0.2, 0.25) is 5.15 Å². The highest BCUT2D eigenvalue weighted by Crippen LogP contribution is 2.20. The molecule has 0 fully saturated rings. The topological polar surface area (TPSA) is 68.0 Å². The molecule has 1 aromatic carbocycles. The molecule has 3 N–H and O–H groups in total. The van der Waals surface area contributed by atoms with E-state index in [1.54, 1.807) is 6.07 Å². The van der Waals surface area contributed by atoms with Crippen molar-refractivity contribution >= 4 is 44.9 Å². The van der Waals surface area contributed by atoms with Crippen LogP contribution in [0.5, 0.6) is 0 Å². The Hall–Kier alpha value is -1.66. The summed E-state index contributed by atoms with van der Waals surface area (Å²) in [4.78, 5) is 15.7. The van der Waals surface area contributed by atoms with Gasteiger partial charge in [-0.2, -0.15) is 0 Å². The number of nitrogen functional groups attached to an aromatic ring is 1. The summed E-state index contributed by atoms with van der Waals surface area (Å²) >= 11 is 8.74. The number of nitrogens with zero attached hydrogens (tertiary/aromatic N) is 1. The quantitative estimate of drug-likeness (QED) is 0.820. The average molecular weight is 345 g/mol. The van der Waals surface area contributed by atoms with E-state index in [0.717, 1.165) is 0 Å². The maximum absolute atomic E-state index is 13.3. The van der Waals surface area contributed by atoms with Gasteiger partial charge in [-0.25, -0.2) is 9.37 Å². The van der Waals surface area contributed by atoms with Gasteiger partial charge < -0.3 is 11.1 Å². The Labute approximate surface area is 121 Å². The first-order chi connectivity index (χ1) is 8.95. The van der Waals surface area contributed by atoms with Crippen LogP contribution in [0.4, 0.5) is 15.9 Å². The van der Waals surface area contributed by atoms with Gasteiger partial charge in [-0.15, -0.1) is 0 Å². The molecule has 0 aliphatic heterocycles. The highest BCUT2D eigenvalue weighted by Gasteiger charge is 2.10. The van der Waals surface area contributed by atoms with Gasteiger partial charge in [-0.05, 0) is 46.3 Å². The van der Waals surface area contributed by atoms with Gasteiger partial charge in [0.1, 0.15) is 16.8 Å². The van der Waals surface area contributed by atoms with E-state index < -0.39 is 11.7 Å². The fourth-order valence-electron chi connectivity index (χ4n) is 1.43. The molecule has 4 nitrogen and oxygen atoms in total. The lowest BCUT2D eigenvalue weighted by Gasteiger charge is -2.06. The summed E-state index contributed by atoms with van der Waals surface area (Å²) in [6.45, 7) is 0. The average Bonchev–Trinajstić information content (AvgIpc) is 2.32. The van der Waals surface area contributed by atoms with Crippen LogP contribution in [0.25, 0.3) is 0 Å². The molecule has 7 heteroatoms. The second-order valence-electron chi connectivity index (χ2n) is 3.69. The number of halogens is 3. The molecule has 0 aliphatic rings. The number of hydrogen-bond donors (Lipinski definition) is 2. The third-order valence-corrected chi connectivity index (χ3v) is 3.09. The zero-order valence-electron chi connectivity index (χ0n) is 9.45. The van der Waals surface area contributed by atoms with Crippen molar-refractivity contribution in [3.05, 3.63) is 51.3 Å². The second-order valence-corrected chi connectivity index (χ2v) is 4.93. The number of carbonyl (C=O) groups is 1. The van der Waals surface area contributed by atoms with Crippen molar-refractivity contribution in [1.29, 1.82) is 0 Å². The maximum atomic E-state index is 13.3. The molecule has 0 atom stereocenters. The Morgan fingerprint density at radius 3 is 2.74 bits per heavy atom. The van der Waals surface area contributed by atoms with Crippen LogP contribution in [-0.2, 0) is 0 Å². The molecule has 1 amide bonds. The van der Waals surface area contributed by atoms with Crippen molar-refractivity contribution in [3.8, 4) is 0 Å². The Morgan fingerprint density at radius 2 is 2.11 bits per heavy atom. The van der Waals surface area contributed by atoms with E-state index in [0.29, 0.717) is 10.2 Å². The third-order valence-electron chi connectivity index (χ3n) is 2.25. The summed E-state index contributed by atoms with van der Waals surface area (Å²) in [5, 5.41) is 2.66. The van der Waals surface area contributed by atoms with Crippen molar-refractivity contribution in [2.75, 3.05) is 11.1 Å². The predicted octanol–water partition coefficient (Wildman–Crippen LogP) is 3.47. The van der Waals surface area contributed by atoms with Crippen LogP contribution in [0.3, 0.4) is 0 Å². The Morgan fingerprint density at radius 1 is 1.37 bits per heavy atom. The minimum atomic E-state index is -0.468. The lowest BCUT2D eigenvalue weighted by molar-refractivity contribution is 0.102. The Kier molecular flexibility index (Phi) is 4.01. The van der Waals surface area contributed by atoms with Crippen molar-refractivity contribution in [3.63, 3.8) is 0 Å². The van der Waals surface area contributed by atoms with Gasteiger partial charge in [-0.1, -0.05) is 11.6 Å². The fourth-order valence-corrected chi connectivity index (χ4v) is 1.89. The largest absolute Gasteiger partial charge is 0.384 e. The molecular weight excluding hydrogens is 337 g/mol. The molecule has 0 saturated heterocycles. The first-order valence-electron chi connectivity index (χ1n) is 5.15. The number of carbonyl (C=O) groups excluding carboxylic acids is 1. The molecule has 1 heterocycles. The number of nitrogens with one attached hydrogen (secondary N) is 1. The minimum absolute atomic E-state index is 0.118. The molecule has 2 rings (SSSR count). The smallest absolute Gasteiger partial charge is 0.255 e. The van der Waals surface area contributed by atoms with Crippen LogP contribution in [-0.4, -0.2) is 10.9 Å². The van der Waals surface area contributed by atoms with Crippen LogP contribution >= 0.6 is 27.5 Å². The van der Waals surface area contributed by atoms with Gasteiger partial charge in [-0.3, -0.25) is 4.79 Å². The van der Waals surface area contributed by atoms with Crippen LogP contribution in [0.1, 0.15) is 10.4 Å². The number of benzene rings is 1. The summed E-state index contributed by atoms with van der Waals surface area (Å²) in [6, 6.07) is 7.03. The summed E-state index contributed by atoms with van der Waals surface area (Å²) in [5.41, 5.74) is 6.07. The maximum Gasteiger partial charge on any atom is 0.255 e. The highest BCUT2D eigenvalue weighted by atomic mass is 79.9. The van der Waals surface area contributed by atoms with Crippen LogP contribution in [0, 0.1) is 5.82 Å². The molecule has 0 saturated carbocycles. The van der Waals surface area contributed by atoms with Crippen molar-refractivity contribution in [2.24, 2.45) is 0 Å². The van der Waals surface area contributed by atoms with E-state index in [1.165, 1.54) is 24.3 Å². The van der Waals surface area contributed by atoms with Gasteiger partial charge >= 0.3 is 0 Å². The molecule has 1 aromatic heterocycles. The van der Waals surface area contributed by atoms with E-state index in [4.69, 9.17) is 17.3 Å². The highest BCUT2D eigenvalue weighted by molar-refractivity contribution is 9.10. The normalized spacial score (nSPS) is 10.3. The second kappa shape index (κ2) is 5.54. The summed E-state index contributed by atoms with van der Waals surface area (Å²) in [6.07, 6.45) is 0. The number of amides is 1. The number of hydrogen-bond acceptors (Lipinski definition) is 3. The number of nitrogens with two attached hydrogens (primary N) is 1. The molecule has 98 valence electrons. The van der Waals surface area contributed by atoms with Gasteiger partial charge in [0, 0.05) is 11.3 Å². The minimum Gasteiger partial charge on any atom is -0.384 e. The van der Waals surface area contributed by atoms with Crippen molar-refractivity contribution < 1.29 is 9.18 Å². The Balaban J connectivity index is 2.22. The summed E-state index contributed by atoms with van der Waals surface area (Å²) in [5.74, 6) is -0.776. The monoisotopic (exact) mass is 343 g/mol. The number of rotatable bonds is 2. The third kappa shape index (κ3) is 3.42. The first kappa shape index (κ1) is 13.8. The summed E-state index contributed by atoms with van der Waals surface area (Å²) in [7, 11) is 0. The number of aromatic nitrogens is 1. The van der Waals surface area contributed by atoms with Gasteiger partial charge in [0.2, 0.25) is 0 Å². The molecule has 2 aromatic rings. The lowest BCUT2D eigenvalue weighted by atomic mass is 10.2. The van der Waals surface area contributed by atoms with Gasteiger partial charge in [0.05, 0.1) is 4.47 Å². The molecule has 0 aliphatic carbocycles. The molecule has 0 unspecified atom stereocenters. The van der Waals surface area contributed by atoms with Crippen molar-refractivity contribution in [2.45, 2.75) is 0 Å². The number of pyridine rings is 1. The molecule has 19 heavy (non-hydrogen) atoms. The molecule has 0 bridgehead atoms. The van der Waals surface area contributed by atoms with Crippen LogP contribution < -0.4 is 11.1 Å². The first-order valence-corrected chi connectivity index (χ1v) is 6.32. The standard InChI is InChI=1S/C12H8BrClFN3O/c13-8-2-1-7(5-9(8)15)17-12(19)6-3-10(14)18-11(16)4-6/h1-5H,(H2,16,18)(H,17,19). The molecule has 0 spiro atoms. The fraction of sp³-hybridized carbons (Fsp3) is 0. The predicted molar refractivity (Wildman–Crippen MR) is 75.7 cm³/mol.